The number of halogens is 1. The standard InChI is InChI=1S/C71H99FN22O18S2/c1-8-33(4)57(84-36(7)96)70(112)92-52-30-114-113-29-51(68(110)94-58(35(6)95)59(74)101)91-62(104)45(14-11-19-78-71(75)76)85-65(107)49(23-40-27-77-31-82-40)87-60(102)34(5)83-54(98)28-81-61(103)47(21-38-26-80-44-16-15-39(72)22-42(38)44)88-66(108)50(24-55(99)100)89-63(105)46(17-18-53(73)97)86-64(106)48(90-69(111)56(32(2)3)93-67(52)109)20-37-25-79-43-13-10-9-12-41(37)43/h9-10,12-13,15-16,22,25-27,31-35,45-52,56-58,79-80,95H,8,11,14,17-21,23-24,28-30H2,1-7H3,(H2,73,97)(H2,74,101)(H,77,82)(H,81,103)(H,83,98)(H,84,96)(H,85,107)(H,86,106)(H,87,102)(H,88,108)(H,89,105)(H,90,111)(H,91,104)(H,92,112)(H,93,109)(H,94,110)(H,99,100)(H4,75,76,78)/t33-,34-,35+,45-,46-,47-,48-,49-,50-,51-,52-,56-,57-,58-/m0/s1. The van der Waals surface area contributed by atoms with Crippen molar-refractivity contribution in [3.63, 3.8) is 0 Å². The Morgan fingerprint density at radius 2 is 1.22 bits per heavy atom. The second kappa shape index (κ2) is 43.8. The molecule has 0 unspecified atom stereocenters. The van der Waals surface area contributed by atoms with E-state index in [-0.39, 0.29) is 48.9 Å². The van der Waals surface area contributed by atoms with E-state index in [0.29, 0.717) is 28.4 Å². The van der Waals surface area contributed by atoms with Crippen molar-refractivity contribution in [1.82, 2.24) is 94.4 Å². The van der Waals surface area contributed by atoms with Gasteiger partial charge in [0.05, 0.1) is 31.1 Å². The average Bonchev–Trinajstić information content (AvgIpc) is 1.66. The van der Waals surface area contributed by atoms with Gasteiger partial charge in [-0.25, -0.2) is 9.37 Å². The number of guanidine groups is 1. The molecular formula is C71H99FN22O18S2. The van der Waals surface area contributed by atoms with Gasteiger partial charge in [-0.05, 0) is 80.3 Å². The summed E-state index contributed by atoms with van der Waals surface area (Å²) in [5.41, 5.74) is 18.4. The van der Waals surface area contributed by atoms with Crippen molar-refractivity contribution in [2.45, 2.75) is 185 Å². The van der Waals surface area contributed by atoms with Crippen LogP contribution in [0, 0.1) is 23.1 Å². The van der Waals surface area contributed by atoms with Crippen LogP contribution in [0.3, 0.4) is 0 Å². The molecule has 1 fully saturated rings. The van der Waals surface area contributed by atoms with Crippen LogP contribution in [0.4, 0.5) is 4.39 Å². The lowest BCUT2D eigenvalue weighted by molar-refractivity contribution is -0.141. The molecule has 0 bridgehead atoms. The first kappa shape index (κ1) is 91.0. The summed E-state index contributed by atoms with van der Waals surface area (Å²) in [6, 6.07) is -9.89. The first-order valence-corrected chi connectivity index (χ1v) is 38.9. The number of carbonyl (C=O) groups excluding carboxylic acids is 15. The van der Waals surface area contributed by atoms with Gasteiger partial charge in [0, 0.05) is 91.1 Å². The second-order valence-corrected chi connectivity index (χ2v) is 30.2. The first-order valence-electron chi connectivity index (χ1n) is 36.4. The third-order valence-corrected chi connectivity index (χ3v) is 20.7. The number of H-pyrrole nitrogens is 3. The number of carbonyl (C=O) groups is 16. The van der Waals surface area contributed by atoms with Crippen molar-refractivity contribution in [3.8, 4) is 0 Å². The topological polar surface area (TPSA) is 644 Å². The van der Waals surface area contributed by atoms with Gasteiger partial charge in [0.15, 0.2) is 5.96 Å². The summed E-state index contributed by atoms with van der Waals surface area (Å²) in [6.07, 6.45) is 0.272. The number of hydrogen-bond donors (Lipinski definition) is 23. The molecule has 4 heterocycles. The highest BCUT2D eigenvalue weighted by Gasteiger charge is 2.39. The summed E-state index contributed by atoms with van der Waals surface area (Å²) in [7, 11) is 1.62. The lowest BCUT2D eigenvalue weighted by Crippen LogP contribution is -2.61. The molecule has 1 aliphatic rings. The molecular weight excluding hydrogens is 1530 g/mol. The van der Waals surface area contributed by atoms with Crippen molar-refractivity contribution in [2.75, 3.05) is 24.6 Å². The third-order valence-electron chi connectivity index (χ3n) is 18.3. The molecule has 1 aliphatic heterocycles. The highest BCUT2D eigenvalue weighted by molar-refractivity contribution is 8.76. The number of aliphatic hydroxyl groups is 1. The molecule has 0 radical (unpaired) electrons. The second-order valence-electron chi connectivity index (χ2n) is 27.6. The number of imidazole rings is 1. The van der Waals surface area contributed by atoms with Gasteiger partial charge in [0.1, 0.15) is 78.3 Å². The number of para-hydroxylation sites is 1. The Hall–Kier alpha value is -11.9. The summed E-state index contributed by atoms with van der Waals surface area (Å²) >= 11 is 0. The van der Waals surface area contributed by atoms with Gasteiger partial charge in [-0.15, -0.1) is 0 Å². The molecule has 14 atom stereocenters. The van der Waals surface area contributed by atoms with E-state index in [0.717, 1.165) is 47.6 Å². The van der Waals surface area contributed by atoms with E-state index < -0.39 is 241 Å². The Balaban J connectivity index is 1.48. The third kappa shape index (κ3) is 28.1. The van der Waals surface area contributed by atoms with Crippen LogP contribution in [-0.4, -0.2) is 234 Å². The zero-order valence-electron chi connectivity index (χ0n) is 63.5. The minimum Gasteiger partial charge on any atom is -0.481 e. The predicted octanol–water partition coefficient (Wildman–Crippen LogP) is -4.52. The van der Waals surface area contributed by atoms with E-state index in [9.17, 15) is 76.9 Å². The van der Waals surface area contributed by atoms with E-state index in [4.69, 9.17) is 22.6 Å². The van der Waals surface area contributed by atoms with Crippen LogP contribution in [-0.2, 0) is 96.0 Å². The number of carboxylic acid groups (broad SMARTS) is 1. The molecule has 620 valence electrons. The van der Waals surface area contributed by atoms with Gasteiger partial charge in [0.2, 0.25) is 88.6 Å². The number of aliphatic carboxylic acids is 1. The van der Waals surface area contributed by atoms with E-state index >= 15 is 14.4 Å². The van der Waals surface area contributed by atoms with E-state index in [2.05, 4.69) is 94.4 Å². The lowest BCUT2D eigenvalue weighted by Gasteiger charge is -2.29. The van der Waals surface area contributed by atoms with Crippen molar-refractivity contribution >= 4 is 144 Å². The van der Waals surface area contributed by atoms with E-state index in [1.807, 2.05) is 0 Å². The van der Waals surface area contributed by atoms with Gasteiger partial charge in [-0.2, -0.15) is 0 Å². The van der Waals surface area contributed by atoms with Crippen LogP contribution in [0.5, 0.6) is 0 Å². The number of fused-ring (bicyclic) bond motifs is 2. The number of nitrogens with one attached hydrogen (secondary N) is 18. The molecule has 40 nitrogen and oxygen atoms in total. The fourth-order valence-electron chi connectivity index (χ4n) is 11.9. The fraction of sp³-hybridized carbons (Fsp3) is 0.493. The van der Waals surface area contributed by atoms with Crippen LogP contribution in [0.15, 0.2) is 67.4 Å². The summed E-state index contributed by atoms with van der Waals surface area (Å²) in [5.74, 6) is -21.2. The molecule has 6 rings (SSSR count). The van der Waals surface area contributed by atoms with Crippen molar-refractivity contribution in [2.24, 2.45) is 29.0 Å². The Morgan fingerprint density at radius 3 is 1.82 bits per heavy atom. The number of aromatic amines is 3. The van der Waals surface area contributed by atoms with Crippen LogP contribution >= 0.6 is 21.6 Å². The maximum absolute atomic E-state index is 15.1. The number of nitrogens with two attached hydrogens (primary N) is 3. The first-order chi connectivity index (χ1) is 53.9. The molecule has 2 aromatic carbocycles. The molecule has 3 aromatic heterocycles. The molecule has 0 saturated carbocycles. The monoisotopic (exact) mass is 1630 g/mol. The van der Waals surface area contributed by atoms with Gasteiger partial charge in [0.25, 0.3) is 0 Å². The molecule has 5 aromatic rings. The van der Waals surface area contributed by atoms with Crippen LogP contribution in [0.1, 0.15) is 104 Å². The minimum atomic E-state index is -2.12. The number of amides is 15. The quantitative estimate of drug-likeness (QED) is 0.0113. The normalized spacial score (nSPS) is 22.6. The highest BCUT2D eigenvalue weighted by atomic mass is 33.1. The molecule has 15 amide bonds. The lowest BCUT2D eigenvalue weighted by atomic mass is 9.97. The molecule has 0 spiro atoms. The Bertz CT molecular complexity index is 4310. The highest BCUT2D eigenvalue weighted by Crippen LogP contribution is 2.26. The number of rotatable bonds is 25. The summed E-state index contributed by atoms with van der Waals surface area (Å²) in [6.45, 7) is 8.94. The zero-order chi connectivity index (χ0) is 84.2. The van der Waals surface area contributed by atoms with Crippen LogP contribution < -0.4 is 91.6 Å². The Morgan fingerprint density at radius 1 is 0.649 bits per heavy atom. The van der Waals surface area contributed by atoms with Crippen molar-refractivity contribution in [1.29, 1.82) is 5.41 Å². The van der Waals surface area contributed by atoms with Gasteiger partial charge in [-0.1, -0.05) is 73.9 Å². The average molecular weight is 1630 g/mol. The number of primary amides is 2. The molecule has 43 heteroatoms. The van der Waals surface area contributed by atoms with Crippen molar-refractivity contribution in [3.05, 3.63) is 90.0 Å². The fourth-order valence-corrected chi connectivity index (χ4v) is 14.2. The largest absolute Gasteiger partial charge is 0.481 e. The van der Waals surface area contributed by atoms with Crippen LogP contribution in [0.2, 0.25) is 0 Å². The Labute approximate surface area is 660 Å². The van der Waals surface area contributed by atoms with E-state index in [1.165, 1.54) is 51.8 Å². The van der Waals surface area contributed by atoms with E-state index in [1.54, 1.807) is 38.1 Å². The zero-order valence-corrected chi connectivity index (χ0v) is 65.1. The molecule has 114 heavy (non-hydrogen) atoms. The number of carboxylic acids is 1. The number of aromatic nitrogens is 4. The Kier molecular flexibility index (Phi) is 35.0. The maximum atomic E-state index is 15.1. The number of benzene rings is 2. The SMILES string of the molecule is CC[C@H](C)[C@H](NC(C)=O)C(=O)N[C@H]1CSSC[C@@H](C(=O)N[C@H](C(N)=O)[C@@H](C)O)NC(=O)[C@H](CCCNC(=N)N)NC(=O)[C@H](Cc2c[nH]cn2)NC(=O)[C@H](C)NC(=O)CNC(=O)[C@H](Cc2c[nH]c3ccc(F)cc23)NC(=O)[C@H](CC(=O)O)NC(=O)[C@H](CCC(N)=O)NC(=O)[C@H](Cc2c[nH]c3ccccc23)NC(=O)[C@H](C(C)C)NC1=O. The minimum absolute atomic E-state index is 0.0177. The number of nitrogens with zero attached hydrogens (tertiary/aromatic N) is 1. The smallest absolute Gasteiger partial charge is 0.305 e. The van der Waals surface area contributed by atoms with Crippen molar-refractivity contribution < 1.29 is 91.3 Å². The summed E-state index contributed by atoms with van der Waals surface area (Å²) in [4.78, 5) is 238. The van der Waals surface area contributed by atoms with Gasteiger partial charge < -0.3 is 117 Å². The molecule has 26 N–H and O–H groups in total. The molecule has 1 saturated heterocycles. The summed E-state index contributed by atoms with van der Waals surface area (Å²) < 4.78 is 14.8. The van der Waals surface area contributed by atoms with Gasteiger partial charge in [-0.3, -0.25) is 82.1 Å². The number of hydrogen-bond acceptors (Lipinski definition) is 21. The maximum Gasteiger partial charge on any atom is 0.305 e. The number of aliphatic hydroxyl groups excluding tert-OH is 1. The van der Waals surface area contributed by atoms with Crippen LogP contribution in [0.25, 0.3) is 21.8 Å². The molecule has 0 aliphatic carbocycles. The predicted molar refractivity (Wildman–Crippen MR) is 414 cm³/mol. The summed E-state index contributed by atoms with van der Waals surface area (Å²) in [5, 5.41) is 64.1. The van der Waals surface area contributed by atoms with Gasteiger partial charge >= 0.3 is 5.97 Å².